The molecule has 6 nitrogen and oxygen atoms in total. The number of amides is 1. The summed E-state index contributed by atoms with van der Waals surface area (Å²) in [5.41, 5.74) is 1.85. The summed E-state index contributed by atoms with van der Waals surface area (Å²) in [6.45, 7) is -0.0957. The van der Waals surface area contributed by atoms with Gasteiger partial charge in [0, 0.05) is 17.4 Å². The lowest BCUT2D eigenvalue weighted by atomic mass is 9.85. The van der Waals surface area contributed by atoms with Crippen LogP contribution in [-0.2, 0) is 10.3 Å². The number of nitrogens with two attached hydrogens (primary N) is 1. The highest BCUT2D eigenvalue weighted by molar-refractivity contribution is 6.30. The fourth-order valence-electron chi connectivity index (χ4n) is 2.64. The molecule has 2 aromatic rings. The van der Waals surface area contributed by atoms with E-state index in [4.69, 9.17) is 17.3 Å². The number of hydrogen-bond donors (Lipinski definition) is 2. The average Bonchev–Trinajstić information content (AvgIpc) is 2.60. The first-order valence-corrected chi connectivity index (χ1v) is 8.20. The first kappa shape index (κ1) is 19.9. The number of alkyl halides is 2. The minimum absolute atomic E-state index is 0.0109. The molecular weight excluding hydrogens is 404 g/mol. The fraction of sp³-hybridized carbons (Fsp3) is 0.235. The molecule has 0 aliphatic carbocycles. The van der Waals surface area contributed by atoms with Crippen LogP contribution in [0.4, 0.5) is 23.2 Å². The maximum absolute atomic E-state index is 14.4. The number of nitrogens with zero attached hydrogens (tertiary/aromatic N) is 2. The summed E-state index contributed by atoms with van der Waals surface area (Å²) in [5.74, 6) is -6.52. The van der Waals surface area contributed by atoms with Crippen molar-refractivity contribution < 1.29 is 27.1 Å². The molecule has 0 bridgehead atoms. The van der Waals surface area contributed by atoms with Crippen LogP contribution in [0.25, 0.3) is 0 Å². The SMILES string of the molecule is C[C@]1(c2cc(NC(=O)c3ncc(Cl)cc3F)ccc2F)N=C(N)OCC1(F)F. The van der Waals surface area contributed by atoms with Crippen LogP contribution in [0.5, 0.6) is 0 Å². The van der Waals surface area contributed by atoms with Gasteiger partial charge < -0.3 is 15.8 Å². The van der Waals surface area contributed by atoms with Gasteiger partial charge in [0.05, 0.1) is 5.02 Å². The van der Waals surface area contributed by atoms with Crippen molar-refractivity contribution in [2.45, 2.75) is 18.4 Å². The molecule has 1 aliphatic rings. The van der Waals surface area contributed by atoms with E-state index in [2.05, 4.69) is 20.0 Å². The molecule has 3 rings (SSSR count). The van der Waals surface area contributed by atoms with Crippen molar-refractivity contribution in [1.82, 2.24) is 4.98 Å². The molecule has 2 heterocycles. The van der Waals surface area contributed by atoms with Crippen molar-refractivity contribution in [3.63, 3.8) is 0 Å². The third-order valence-corrected chi connectivity index (χ3v) is 4.43. The number of carbonyl (C=O) groups is 1. The van der Waals surface area contributed by atoms with Gasteiger partial charge in [-0.2, -0.15) is 8.78 Å². The van der Waals surface area contributed by atoms with E-state index < -0.39 is 52.9 Å². The molecule has 0 radical (unpaired) electrons. The summed E-state index contributed by atoms with van der Waals surface area (Å²) in [5, 5.41) is 2.26. The van der Waals surface area contributed by atoms with Gasteiger partial charge in [0.25, 0.3) is 11.9 Å². The Morgan fingerprint density at radius 1 is 1.29 bits per heavy atom. The molecule has 11 heteroatoms. The minimum atomic E-state index is -3.58. The normalized spacial score (nSPS) is 20.9. The molecular formula is C17H13ClF4N4O2. The summed E-state index contributed by atoms with van der Waals surface area (Å²) < 4.78 is 61.6. The molecule has 148 valence electrons. The zero-order valence-corrected chi connectivity index (χ0v) is 15.0. The smallest absolute Gasteiger partial charge is 0.310 e. The van der Waals surface area contributed by atoms with E-state index in [1.807, 2.05) is 0 Å². The van der Waals surface area contributed by atoms with E-state index in [-0.39, 0.29) is 10.7 Å². The largest absolute Gasteiger partial charge is 0.459 e. The fourth-order valence-corrected chi connectivity index (χ4v) is 2.79. The van der Waals surface area contributed by atoms with Crippen molar-refractivity contribution in [2.24, 2.45) is 10.7 Å². The number of carbonyl (C=O) groups excluding carboxylic acids is 1. The standard InChI is InChI=1S/C17H13ClF4N4O2/c1-16(17(21,22)7-28-15(23)26-16)10-5-9(2-3-11(10)19)25-14(27)13-12(20)4-8(18)6-24-13/h2-6H,7H2,1H3,(H2,23,26)(H,25,27)/t16-/m1/s1. The Morgan fingerprint density at radius 2 is 2.00 bits per heavy atom. The number of nitrogens with one attached hydrogen (secondary N) is 1. The van der Waals surface area contributed by atoms with E-state index >= 15 is 0 Å². The third-order valence-electron chi connectivity index (χ3n) is 4.22. The molecule has 1 aliphatic heterocycles. The zero-order valence-electron chi connectivity index (χ0n) is 14.3. The van der Waals surface area contributed by atoms with E-state index in [1.165, 1.54) is 0 Å². The lowest BCUT2D eigenvalue weighted by Gasteiger charge is -2.37. The highest BCUT2D eigenvalue weighted by Gasteiger charge is 2.56. The van der Waals surface area contributed by atoms with Crippen LogP contribution in [0.15, 0.2) is 35.5 Å². The van der Waals surface area contributed by atoms with E-state index in [0.717, 1.165) is 37.4 Å². The second kappa shape index (κ2) is 6.93. The van der Waals surface area contributed by atoms with Gasteiger partial charge in [0.2, 0.25) is 0 Å². The summed E-state index contributed by atoms with van der Waals surface area (Å²) in [4.78, 5) is 19.4. The first-order valence-electron chi connectivity index (χ1n) is 7.82. The number of rotatable bonds is 3. The van der Waals surface area contributed by atoms with Crippen molar-refractivity contribution >= 4 is 29.2 Å². The van der Waals surface area contributed by atoms with Crippen LogP contribution < -0.4 is 11.1 Å². The number of halogens is 5. The summed E-state index contributed by atoms with van der Waals surface area (Å²) in [6.07, 6.45) is 1.07. The summed E-state index contributed by atoms with van der Waals surface area (Å²) in [7, 11) is 0. The Balaban J connectivity index is 1.98. The quantitative estimate of drug-likeness (QED) is 0.750. The highest BCUT2D eigenvalue weighted by Crippen LogP contribution is 2.44. The van der Waals surface area contributed by atoms with Crippen molar-refractivity contribution in [3.8, 4) is 0 Å². The molecule has 3 N–H and O–H groups in total. The second-order valence-electron chi connectivity index (χ2n) is 6.15. The lowest BCUT2D eigenvalue weighted by Crippen LogP contribution is -2.51. The van der Waals surface area contributed by atoms with Gasteiger partial charge in [-0.05, 0) is 31.2 Å². The monoisotopic (exact) mass is 416 g/mol. The average molecular weight is 417 g/mol. The van der Waals surface area contributed by atoms with Crippen LogP contribution >= 0.6 is 11.6 Å². The highest BCUT2D eigenvalue weighted by atomic mass is 35.5. The Kier molecular flexibility index (Phi) is 4.92. The number of amidine groups is 1. The molecule has 1 aromatic heterocycles. The summed E-state index contributed by atoms with van der Waals surface area (Å²) in [6, 6.07) is 3.34. The first-order chi connectivity index (χ1) is 13.0. The van der Waals surface area contributed by atoms with E-state index in [0.29, 0.717) is 0 Å². The number of aromatic nitrogens is 1. The zero-order chi connectivity index (χ0) is 20.7. The molecule has 0 unspecified atom stereocenters. The van der Waals surface area contributed by atoms with Crippen molar-refractivity contribution in [1.29, 1.82) is 0 Å². The van der Waals surface area contributed by atoms with Gasteiger partial charge in [-0.25, -0.2) is 18.8 Å². The van der Waals surface area contributed by atoms with Gasteiger partial charge in [-0.3, -0.25) is 4.79 Å². The molecule has 0 fully saturated rings. The van der Waals surface area contributed by atoms with E-state index in [9.17, 15) is 22.4 Å². The molecule has 28 heavy (non-hydrogen) atoms. The Labute approximate surface area is 161 Å². The maximum atomic E-state index is 14.4. The number of pyridine rings is 1. The molecule has 0 spiro atoms. The topological polar surface area (TPSA) is 89.6 Å². The number of benzene rings is 1. The number of aliphatic imine (C=N–C) groups is 1. The van der Waals surface area contributed by atoms with Crippen molar-refractivity contribution in [2.75, 3.05) is 11.9 Å². The van der Waals surface area contributed by atoms with Crippen LogP contribution in [0.3, 0.4) is 0 Å². The van der Waals surface area contributed by atoms with E-state index in [1.54, 1.807) is 0 Å². The molecule has 1 aromatic carbocycles. The van der Waals surface area contributed by atoms with Gasteiger partial charge in [-0.15, -0.1) is 0 Å². The molecule has 1 atom stereocenters. The predicted octanol–water partition coefficient (Wildman–Crippen LogP) is 3.46. The van der Waals surface area contributed by atoms with Crippen molar-refractivity contribution in [3.05, 3.63) is 58.4 Å². The Hall–Kier alpha value is -2.88. The van der Waals surface area contributed by atoms with Crippen LogP contribution in [0.2, 0.25) is 5.02 Å². The minimum Gasteiger partial charge on any atom is -0.459 e. The molecule has 1 amide bonds. The second-order valence-corrected chi connectivity index (χ2v) is 6.58. The van der Waals surface area contributed by atoms with Crippen LogP contribution in [0.1, 0.15) is 23.0 Å². The third kappa shape index (κ3) is 3.47. The number of anilines is 1. The lowest BCUT2D eigenvalue weighted by molar-refractivity contribution is -0.117. The number of ether oxygens (including phenoxy) is 1. The predicted molar refractivity (Wildman–Crippen MR) is 93.4 cm³/mol. The van der Waals surface area contributed by atoms with Gasteiger partial charge in [0.1, 0.15) is 5.82 Å². The Morgan fingerprint density at radius 3 is 2.68 bits per heavy atom. The maximum Gasteiger partial charge on any atom is 0.310 e. The summed E-state index contributed by atoms with van der Waals surface area (Å²) >= 11 is 5.58. The molecule has 0 saturated heterocycles. The molecule has 0 saturated carbocycles. The van der Waals surface area contributed by atoms with Crippen LogP contribution in [0, 0.1) is 11.6 Å². The van der Waals surface area contributed by atoms with Gasteiger partial charge in [0.15, 0.2) is 23.7 Å². The Bertz CT molecular complexity index is 986. The van der Waals surface area contributed by atoms with Gasteiger partial charge in [-0.1, -0.05) is 11.6 Å². The van der Waals surface area contributed by atoms with Crippen LogP contribution in [-0.4, -0.2) is 29.4 Å². The van der Waals surface area contributed by atoms with Gasteiger partial charge >= 0.3 is 5.92 Å². The number of hydrogen-bond acceptors (Lipinski definition) is 5.